The molecule has 3 aromatic rings. The van der Waals surface area contributed by atoms with Crippen LogP contribution in [0.25, 0.3) is 22.2 Å². The van der Waals surface area contributed by atoms with Crippen LogP contribution in [0.2, 0.25) is 0 Å². The fourth-order valence-electron chi connectivity index (χ4n) is 6.23. The Morgan fingerprint density at radius 3 is 2.60 bits per heavy atom. The maximum absolute atomic E-state index is 13.8. The number of amides is 4. The van der Waals surface area contributed by atoms with Gasteiger partial charge < -0.3 is 36.3 Å². The number of hydrogen-bond donors (Lipinski definition) is 5. The largest absolute Gasteiger partial charge is 0.449 e. The summed E-state index contributed by atoms with van der Waals surface area (Å²) in [7, 11) is 0. The number of alkyl carbamates (subject to hydrolysis) is 1. The zero-order valence-electron chi connectivity index (χ0n) is 27.1. The Balaban J connectivity index is 0.987. The van der Waals surface area contributed by atoms with Crippen LogP contribution in [-0.2, 0) is 16.1 Å². The average molecular weight is 683 g/mol. The highest BCUT2D eigenvalue weighted by molar-refractivity contribution is 8.00. The summed E-state index contributed by atoms with van der Waals surface area (Å²) < 4.78 is 20.7. The number of anilines is 1. The van der Waals surface area contributed by atoms with Gasteiger partial charge in [-0.1, -0.05) is 36.2 Å². The summed E-state index contributed by atoms with van der Waals surface area (Å²) in [6.45, 7) is 1.99. The molecule has 3 atom stereocenters. The molecule has 0 aliphatic carbocycles. The Morgan fingerprint density at radius 2 is 1.83 bits per heavy atom. The highest BCUT2D eigenvalue weighted by Gasteiger charge is 2.42. The first kappa shape index (κ1) is 34.9. The third-order valence-electron chi connectivity index (χ3n) is 8.63. The van der Waals surface area contributed by atoms with E-state index in [0.29, 0.717) is 66.2 Å². The molecule has 1 aromatic carbocycles. The lowest BCUT2D eigenvalue weighted by atomic mass is 10.00. The Kier molecular flexibility index (Phi) is 12.1. The van der Waals surface area contributed by atoms with Crippen molar-refractivity contribution in [2.45, 2.75) is 75.7 Å². The molecule has 0 unspecified atom stereocenters. The number of aryl methyl sites for hydroxylation is 2. The van der Waals surface area contributed by atoms with Crippen molar-refractivity contribution in [1.82, 2.24) is 35.8 Å². The van der Waals surface area contributed by atoms with Gasteiger partial charge in [-0.3, -0.25) is 9.59 Å². The average Bonchev–Trinajstić information content (AvgIpc) is 3.74. The van der Waals surface area contributed by atoms with Gasteiger partial charge in [0.25, 0.3) is 0 Å². The van der Waals surface area contributed by atoms with Gasteiger partial charge in [0.1, 0.15) is 17.8 Å². The van der Waals surface area contributed by atoms with Crippen LogP contribution in [0.5, 0.6) is 0 Å². The first-order valence-corrected chi connectivity index (χ1v) is 17.5. The van der Waals surface area contributed by atoms with Crippen molar-refractivity contribution in [2.24, 2.45) is 0 Å². The van der Waals surface area contributed by atoms with E-state index in [1.807, 2.05) is 43.0 Å². The second-order valence-corrected chi connectivity index (χ2v) is 13.4. The van der Waals surface area contributed by atoms with E-state index < -0.39 is 18.6 Å². The fourth-order valence-corrected chi connectivity index (χ4v) is 7.78. The van der Waals surface area contributed by atoms with E-state index >= 15 is 0 Å². The van der Waals surface area contributed by atoms with Crippen LogP contribution in [0.4, 0.5) is 19.8 Å². The number of benzene rings is 1. The van der Waals surface area contributed by atoms with Crippen molar-refractivity contribution in [3.63, 3.8) is 0 Å². The number of aromatic nitrogens is 3. The molecule has 0 saturated carbocycles. The number of unbranched alkanes of at least 4 members (excludes halogenated alkanes) is 2. The molecule has 2 saturated heterocycles. The van der Waals surface area contributed by atoms with Crippen LogP contribution >= 0.6 is 11.8 Å². The second-order valence-electron chi connectivity index (χ2n) is 12.1. The minimum atomic E-state index is -1.19. The quantitative estimate of drug-likeness (QED) is 0.0802. The molecule has 2 aromatic heterocycles. The lowest BCUT2D eigenvalue weighted by Gasteiger charge is -2.16. The molecule has 4 heterocycles. The molecular formula is C33H43FN8O5S. The van der Waals surface area contributed by atoms with Gasteiger partial charge in [0, 0.05) is 42.6 Å². The smallest absolute Gasteiger partial charge is 0.407 e. The lowest BCUT2D eigenvalue weighted by Crippen LogP contribution is -2.36. The van der Waals surface area contributed by atoms with Gasteiger partial charge in [-0.15, -0.1) is 0 Å². The van der Waals surface area contributed by atoms with E-state index in [2.05, 4.69) is 31.2 Å². The summed E-state index contributed by atoms with van der Waals surface area (Å²) in [4.78, 5) is 57.2. The van der Waals surface area contributed by atoms with Crippen molar-refractivity contribution in [3.8, 4) is 11.1 Å². The minimum absolute atomic E-state index is 0.0159. The number of halogens is 1. The molecule has 0 spiro atoms. The number of nitrogens with one attached hydrogen (secondary N) is 4. The van der Waals surface area contributed by atoms with Crippen LogP contribution in [-0.4, -0.2) is 87.8 Å². The van der Waals surface area contributed by atoms with E-state index in [1.165, 1.54) is 6.33 Å². The highest BCUT2D eigenvalue weighted by atomic mass is 32.2. The van der Waals surface area contributed by atoms with Crippen molar-refractivity contribution < 1.29 is 28.3 Å². The molecule has 4 amide bonds. The van der Waals surface area contributed by atoms with Crippen LogP contribution in [0.3, 0.4) is 0 Å². The maximum Gasteiger partial charge on any atom is 0.407 e. The third kappa shape index (κ3) is 8.54. The van der Waals surface area contributed by atoms with Gasteiger partial charge in [0.2, 0.25) is 11.7 Å². The summed E-state index contributed by atoms with van der Waals surface area (Å²) in [5, 5.41) is 12.4. The number of carbonyl (C=O) groups is 4. The number of alkyl halides is 1. The predicted molar refractivity (Wildman–Crippen MR) is 183 cm³/mol. The number of rotatable bonds is 17. The molecule has 13 nitrogen and oxygen atoms in total. The van der Waals surface area contributed by atoms with Gasteiger partial charge in [-0.05, 0) is 44.6 Å². The van der Waals surface area contributed by atoms with Gasteiger partial charge in [-0.2, -0.15) is 11.8 Å². The third-order valence-corrected chi connectivity index (χ3v) is 10.1. The predicted octanol–water partition coefficient (Wildman–Crippen LogP) is 3.88. The summed E-state index contributed by atoms with van der Waals surface area (Å²) >= 11 is 1.88. The molecular weight excluding hydrogens is 639 g/mol. The fraction of sp³-hybridized carbons (Fsp3) is 0.515. The van der Waals surface area contributed by atoms with Crippen LogP contribution < -0.4 is 27.0 Å². The molecule has 6 N–H and O–H groups in total. The van der Waals surface area contributed by atoms with E-state index in [0.717, 1.165) is 30.6 Å². The van der Waals surface area contributed by atoms with Crippen molar-refractivity contribution >= 4 is 52.4 Å². The highest BCUT2D eigenvalue weighted by Crippen LogP contribution is 2.37. The number of nitrogens with two attached hydrogens (primary N) is 1. The number of nitrogen functional groups attached to an aromatic ring is 1. The number of thioether (sulfide) groups is 1. The van der Waals surface area contributed by atoms with Gasteiger partial charge in [0.15, 0.2) is 6.67 Å². The zero-order valence-corrected chi connectivity index (χ0v) is 27.9. The first-order valence-electron chi connectivity index (χ1n) is 16.4. The monoisotopic (exact) mass is 682 g/mol. The number of fused-ring (bicyclic) bond motifs is 2. The number of carbonyl (C=O) groups excluding carboxylic acids is 4. The number of ketones is 1. The van der Waals surface area contributed by atoms with E-state index in [4.69, 9.17) is 10.5 Å². The van der Waals surface area contributed by atoms with E-state index in [-0.39, 0.29) is 48.7 Å². The number of urea groups is 1. The van der Waals surface area contributed by atoms with Gasteiger partial charge >= 0.3 is 12.1 Å². The first-order chi connectivity index (χ1) is 23.3. The summed E-state index contributed by atoms with van der Waals surface area (Å²) in [6, 6.07) is 7.82. The number of ether oxygens (including phenoxy) is 1. The van der Waals surface area contributed by atoms with Crippen molar-refractivity contribution in [3.05, 3.63) is 41.9 Å². The molecule has 258 valence electrons. The lowest BCUT2D eigenvalue weighted by molar-refractivity contribution is -0.121. The molecule has 0 bridgehead atoms. The number of hydrogen-bond acceptors (Lipinski definition) is 9. The van der Waals surface area contributed by atoms with Crippen molar-refractivity contribution in [2.75, 3.05) is 37.9 Å². The number of nitrogens with zero attached hydrogens (tertiary/aromatic N) is 3. The van der Waals surface area contributed by atoms with Crippen LogP contribution in [0.15, 0.2) is 30.6 Å². The number of Topliss-reactive ketones (excluding diaryl/α,β-unsaturated/α-hetero) is 1. The molecule has 2 aliphatic rings. The van der Waals surface area contributed by atoms with Crippen LogP contribution in [0, 0.1) is 6.92 Å². The normalized spacial score (nSPS) is 18.3. The Morgan fingerprint density at radius 1 is 1.06 bits per heavy atom. The zero-order chi connectivity index (χ0) is 34.0. The molecule has 5 rings (SSSR count). The molecule has 2 fully saturated rings. The van der Waals surface area contributed by atoms with Crippen LogP contribution in [0.1, 0.15) is 61.0 Å². The maximum atomic E-state index is 13.8. The topological polar surface area (TPSA) is 182 Å². The summed E-state index contributed by atoms with van der Waals surface area (Å²) in [5.41, 5.74) is 8.99. The summed E-state index contributed by atoms with van der Waals surface area (Å²) in [6.07, 6.45) is 5.65. The molecule has 2 aliphatic heterocycles. The standard InChI is InChI=1S/C33H43FN8O5S/c1-20-9-11-21(12-10-20)26-27-30(35)38-19-39-31(27)42(29(26)23(43)17-34)15-6-16-47-33(46)37-14-5-4-13-36-25(44)8-3-2-7-24-28-22(18-48-24)40-32(45)41-28/h9-12,19,22,24,28H,2-8,13-18H2,1H3,(H,36,44)(H,37,46)(H2,35,38,39)(H2,40,41,45)/t22-,24+,28-/m1/s1. The summed E-state index contributed by atoms with van der Waals surface area (Å²) in [5.74, 6) is 0.433. The van der Waals surface area contributed by atoms with Gasteiger partial charge in [-0.25, -0.2) is 23.9 Å². The minimum Gasteiger partial charge on any atom is -0.449 e. The van der Waals surface area contributed by atoms with Gasteiger partial charge in [0.05, 0.1) is 29.8 Å². The molecule has 0 radical (unpaired) electrons. The Hall–Kier alpha value is -4.40. The molecule has 48 heavy (non-hydrogen) atoms. The van der Waals surface area contributed by atoms with E-state index in [1.54, 1.807) is 4.57 Å². The SMILES string of the molecule is Cc1ccc(-c2c(C(=O)CF)n(CCCOC(=O)NCCCCNC(=O)CCCC[C@@H]3SC[C@H]4NC(=O)N[C@@H]34)c3ncnc(N)c23)cc1. The Labute approximate surface area is 282 Å². The van der Waals surface area contributed by atoms with Crippen molar-refractivity contribution in [1.29, 1.82) is 0 Å². The Bertz CT molecular complexity index is 1620. The second kappa shape index (κ2) is 16.6. The molecule has 15 heteroatoms. The van der Waals surface area contributed by atoms with E-state index in [9.17, 15) is 23.6 Å².